The summed E-state index contributed by atoms with van der Waals surface area (Å²) >= 11 is 6.00. The van der Waals surface area contributed by atoms with Gasteiger partial charge in [-0.1, -0.05) is 22.9 Å². The van der Waals surface area contributed by atoms with Gasteiger partial charge in [-0.3, -0.25) is 4.79 Å². The minimum Gasteiger partial charge on any atom is -0.396 e. The van der Waals surface area contributed by atoms with Gasteiger partial charge in [-0.2, -0.15) is 0 Å². The molecule has 1 aromatic carbocycles. The molecule has 122 valence electrons. The lowest BCUT2D eigenvalue weighted by atomic mass is 10.1. The van der Waals surface area contributed by atoms with Gasteiger partial charge in [0.15, 0.2) is 5.69 Å². The maximum Gasteiger partial charge on any atom is 0.273 e. The highest BCUT2D eigenvalue weighted by Gasteiger charge is 2.32. The molecule has 3 rings (SSSR count). The molecule has 1 heterocycles. The normalized spacial score (nSPS) is 15.4. The van der Waals surface area contributed by atoms with Crippen molar-refractivity contribution in [1.82, 2.24) is 20.3 Å². The first-order valence-corrected chi connectivity index (χ1v) is 8.08. The number of carbonyl (C=O) groups is 1. The van der Waals surface area contributed by atoms with E-state index >= 15 is 0 Å². The van der Waals surface area contributed by atoms with Gasteiger partial charge in [-0.15, -0.1) is 5.10 Å². The summed E-state index contributed by atoms with van der Waals surface area (Å²) in [6, 6.07) is 7.23. The van der Waals surface area contributed by atoms with Gasteiger partial charge in [-0.05, 0) is 50.3 Å². The van der Waals surface area contributed by atoms with Gasteiger partial charge < -0.3 is 10.4 Å². The molecular weight excluding hydrogens is 316 g/mol. The third kappa shape index (κ3) is 3.54. The third-order valence-electron chi connectivity index (χ3n) is 4.11. The van der Waals surface area contributed by atoms with E-state index in [4.69, 9.17) is 16.7 Å². The van der Waals surface area contributed by atoms with Crippen LogP contribution in [0.25, 0.3) is 5.69 Å². The fourth-order valence-electron chi connectivity index (χ4n) is 2.69. The second kappa shape index (κ2) is 6.68. The molecule has 0 bridgehead atoms. The van der Waals surface area contributed by atoms with Crippen LogP contribution in [0.15, 0.2) is 24.3 Å². The highest BCUT2D eigenvalue weighted by atomic mass is 35.5. The van der Waals surface area contributed by atoms with Crippen molar-refractivity contribution < 1.29 is 9.90 Å². The van der Waals surface area contributed by atoms with Crippen LogP contribution in [0.3, 0.4) is 0 Å². The molecule has 23 heavy (non-hydrogen) atoms. The number of amides is 1. The Morgan fingerprint density at radius 3 is 2.96 bits per heavy atom. The Morgan fingerprint density at radius 2 is 2.30 bits per heavy atom. The Kier molecular flexibility index (Phi) is 4.63. The fourth-order valence-corrected chi connectivity index (χ4v) is 2.88. The summed E-state index contributed by atoms with van der Waals surface area (Å²) in [5.74, 6) is 0.218. The lowest BCUT2D eigenvalue weighted by Gasteiger charge is -2.16. The molecule has 0 radical (unpaired) electrons. The number of aliphatic hydroxyl groups excluding tert-OH is 1. The van der Waals surface area contributed by atoms with E-state index in [1.807, 2.05) is 12.1 Å². The predicted octanol–water partition coefficient (Wildman–Crippen LogP) is 2.12. The van der Waals surface area contributed by atoms with Gasteiger partial charge in [0.05, 0.1) is 11.4 Å². The molecule has 1 atom stereocenters. The van der Waals surface area contributed by atoms with Crippen molar-refractivity contribution in [1.29, 1.82) is 0 Å². The van der Waals surface area contributed by atoms with Crippen LogP contribution in [0.1, 0.15) is 35.4 Å². The van der Waals surface area contributed by atoms with Crippen molar-refractivity contribution in [2.45, 2.75) is 32.2 Å². The second-order valence-electron chi connectivity index (χ2n) is 5.84. The van der Waals surface area contributed by atoms with E-state index in [0.29, 0.717) is 28.7 Å². The van der Waals surface area contributed by atoms with Crippen LogP contribution in [0.4, 0.5) is 0 Å². The molecule has 0 saturated heterocycles. The van der Waals surface area contributed by atoms with E-state index in [9.17, 15) is 4.79 Å². The summed E-state index contributed by atoms with van der Waals surface area (Å²) in [7, 11) is 0. The standard InChI is InChI=1S/C16H19ClN4O2/c1-10-15(16(23)18-14(7-8-22)11-5-6-11)19-20-21(10)13-4-2-3-12(17)9-13/h2-4,9,11,14,22H,5-8H2,1H3,(H,18,23). The van der Waals surface area contributed by atoms with Crippen LogP contribution in [0.2, 0.25) is 5.02 Å². The van der Waals surface area contributed by atoms with Crippen molar-refractivity contribution in [3.63, 3.8) is 0 Å². The Balaban J connectivity index is 1.79. The molecule has 1 amide bonds. The van der Waals surface area contributed by atoms with Crippen molar-refractivity contribution in [2.24, 2.45) is 5.92 Å². The number of nitrogens with one attached hydrogen (secondary N) is 1. The number of benzene rings is 1. The van der Waals surface area contributed by atoms with Crippen LogP contribution >= 0.6 is 11.6 Å². The fraction of sp³-hybridized carbons (Fsp3) is 0.438. The van der Waals surface area contributed by atoms with E-state index in [-0.39, 0.29) is 18.6 Å². The van der Waals surface area contributed by atoms with Crippen molar-refractivity contribution >= 4 is 17.5 Å². The van der Waals surface area contributed by atoms with Crippen LogP contribution in [-0.2, 0) is 0 Å². The highest BCUT2D eigenvalue weighted by molar-refractivity contribution is 6.30. The number of aliphatic hydroxyl groups is 1. The van der Waals surface area contributed by atoms with Gasteiger partial charge in [0.2, 0.25) is 0 Å². The molecule has 1 aromatic heterocycles. The van der Waals surface area contributed by atoms with Crippen molar-refractivity contribution in [3.05, 3.63) is 40.7 Å². The molecule has 1 unspecified atom stereocenters. The van der Waals surface area contributed by atoms with Gasteiger partial charge in [0, 0.05) is 17.7 Å². The number of aromatic nitrogens is 3. The van der Waals surface area contributed by atoms with E-state index < -0.39 is 0 Å². The molecule has 2 N–H and O–H groups in total. The lowest BCUT2D eigenvalue weighted by Crippen LogP contribution is -2.37. The average molecular weight is 335 g/mol. The summed E-state index contributed by atoms with van der Waals surface area (Å²) in [6.07, 6.45) is 2.76. The van der Waals surface area contributed by atoms with E-state index in [1.165, 1.54) is 0 Å². The minimum atomic E-state index is -0.249. The number of hydrogen-bond donors (Lipinski definition) is 2. The zero-order chi connectivity index (χ0) is 16.4. The first-order chi connectivity index (χ1) is 11.1. The van der Waals surface area contributed by atoms with Crippen LogP contribution in [0, 0.1) is 12.8 Å². The average Bonchev–Trinajstić information content (AvgIpc) is 3.29. The molecule has 7 heteroatoms. The Morgan fingerprint density at radius 1 is 1.52 bits per heavy atom. The minimum absolute atomic E-state index is 0.00298. The Labute approximate surface area is 139 Å². The first kappa shape index (κ1) is 16.0. The molecule has 6 nitrogen and oxygen atoms in total. The molecule has 0 aliphatic heterocycles. The van der Waals surface area contributed by atoms with Gasteiger partial charge in [-0.25, -0.2) is 4.68 Å². The molecule has 0 spiro atoms. The monoisotopic (exact) mass is 334 g/mol. The maximum atomic E-state index is 12.5. The Hall–Kier alpha value is -1.92. The van der Waals surface area contributed by atoms with Crippen LogP contribution in [0.5, 0.6) is 0 Å². The summed E-state index contributed by atoms with van der Waals surface area (Å²) in [6.45, 7) is 1.86. The zero-order valence-corrected chi connectivity index (χ0v) is 13.6. The first-order valence-electron chi connectivity index (χ1n) is 7.70. The van der Waals surface area contributed by atoms with Crippen molar-refractivity contribution in [3.8, 4) is 5.69 Å². The number of nitrogens with zero attached hydrogens (tertiary/aromatic N) is 3. The Bertz CT molecular complexity index is 712. The van der Waals surface area contributed by atoms with Gasteiger partial charge in [0.25, 0.3) is 5.91 Å². The smallest absolute Gasteiger partial charge is 0.273 e. The van der Waals surface area contributed by atoms with E-state index in [2.05, 4.69) is 15.6 Å². The van der Waals surface area contributed by atoms with Gasteiger partial charge in [0.1, 0.15) is 0 Å². The molecule has 1 fully saturated rings. The van der Waals surface area contributed by atoms with Crippen LogP contribution < -0.4 is 5.32 Å². The molecule has 1 aliphatic rings. The predicted molar refractivity (Wildman–Crippen MR) is 86.8 cm³/mol. The topological polar surface area (TPSA) is 80.0 Å². The van der Waals surface area contributed by atoms with Gasteiger partial charge >= 0.3 is 0 Å². The summed E-state index contributed by atoms with van der Waals surface area (Å²) in [5.41, 5.74) is 1.72. The van der Waals surface area contributed by atoms with E-state index in [0.717, 1.165) is 18.5 Å². The number of hydrogen-bond acceptors (Lipinski definition) is 4. The molecule has 2 aromatic rings. The number of halogens is 1. The molecule has 1 saturated carbocycles. The SMILES string of the molecule is Cc1c(C(=O)NC(CCO)C2CC2)nnn1-c1cccc(Cl)c1. The largest absolute Gasteiger partial charge is 0.396 e. The zero-order valence-electron chi connectivity index (χ0n) is 12.9. The van der Waals surface area contributed by atoms with Crippen LogP contribution in [-0.4, -0.2) is 38.7 Å². The number of rotatable bonds is 6. The summed E-state index contributed by atoms with van der Waals surface area (Å²) < 4.78 is 1.60. The summed E-state index contributed by atoms with van der Waals surface area (Å²) in [5, 5.41) is 20.8. The molecule has 1 aliphatic carbocycles. The summed E-state index contributed by atoms with van der Waals surface area (Å²) in [4.78, 5) is 12.5. The number of carbonyl (C=O) groups excluding carboxylic acids is 1. The quantitative estimate of drug-likeness (QED) is 0.848. The maximum absolute atomic E-state index is 12.5. The van der Waals surface area contributed by atoms with Crippen molar-refractivity contribution in [2.75, 3.05) is 6.61 Å². The third-order valence-corrected chi connectivity index (χ3v) is 4.35. The second-order valence-corrected chi connectivity index (χ2v) is 6.28. The van der Waals surface area contributed by atoms with E-state index in [1.54, 1.807) is 23.7 Å². The highest BCUT2D eigenvalue weighted by Crippen LogP contribution is 2.34. The lowest BCUT2D eigenvalue weighted by molar-refractivity contribution is 0.0918. The molecular formula is C16H19ClN4O2.